The first-order valence-electron chi connectivity index (χ1n) is 4.86. The number of ether oxygens (including phenoxy) is 2. The van der Waals surface area contributed by atoms with Crippen LogP contribution in [-0.4, -0.2) is 25.9 Å². The molecule has 1 aromatic carbocycles. The molecule has 0 bridgehead atoms. The molecule has 0 aliphatic heterocycles. The van der Waals surface area contributed by atoms with Gasteiger partial charge in [-0.05, 0) is 12.1 Å². The maximum Gasteiger partial charge on any atom is 0.183 e. The van der Waals surface area contributed by atoms with Gasteiger partial charge in [0.2, 0.25) is 0 Å². The Hall–Kier alpha value is -1.17. The van der Waals surface area contributed by atoms with Gasteiger partial charge in [-0.15, -0.1) is 11.6 Å². The highest BCUT2D eigenvalue weighted by atomic mass is 35.5. The first-order chi connectivity index (χ1) is 8.12. The van der Waals surface area contributed by atoms with E-state index in [1.165, 1.54) is 26.4 Å². The van der Waals surface area contributed by atoms with Gasteiger partial charge < -0.3 is 15.2 Å². The Morgan fingerprint density at radius 1 is 1.47 bits per heavy atom. The van der Waals surface area contributed by atoms with Crippen LogP contribution in [0.2, 0.25) is 0 Å². The van der Waals surface area contributed by atoms with Crippen LogP contribution in [0.3, 0.4) is 0 Å². The molecule has 1 rings (SSSR count). The van der Waals surface area contributed by atoms with E-state index in [1.807, 2.05) is 0 Å². The van der Waals surface area contributed by atoms with E-state index in [2.05, 4.69) is 4.99 Å². The fourth-order valence-electron chi connectivity index (χ4n) is 1.31. The predicted octanol–water partition coefficient (Wildman–Crippen LogP) is 2.34. The van der Waals surface area contributed by atoms with Gasteiger partial charge in [-0.2, -0.15) is 0 Å². The predicted molar refractivity (Wildman–Crippen MR) is 65.2 cm³/mol. The first kappa shape index (κ1) is 13.9. The van der Waals surface area contributed by atoms with Crippen LogP contribution < -0.4 is 5.73 Å². The SMILES string of the molecule is COC(OC)c1ccc(F)c(N=C(N)CCl)c1. The minimum Gasteiger partial charge on any atom is -0.386 e. The molecule has 0 atom stereocenters. The largest absolute Gasteiger partial charge is 0.386 e. The van der Waals surface area contributed by atoms with Crippen molar-refractivity contribution >= 4 is 23.1 Å². The van der Waals surface area contributed by atoms with E-state index in [4.69, 9.17) is 26.8 Å². The van der Waals surface area contributed by atoms with Crippen LogP contribution in [0.5, 0.6) is 0 Å². The molecule has 2 N–H and O–H groups in total. The Morgan fingerprint density at radius 3 is 2.65 bits per heavy atom. The average molecular weight is 261 g/mol. The number of methoxy groups -OCH3 is 2. The summed E-state index contributed by atoms with van der Waals surface area (Å²) >= 11 is 5.48. The number of benzene rings is 1. The molecular formula is C11H14ClFN2O2. The van der Waals surface area contributed by atoms with Crippen LogP contribution in [0.1, 0.15) is 11.9 Å². The van der Waals surface area contributed by atoms with Gasteiger partial charge in [-0.3, -0.25) is 0 Å². The van der Waals surface area contributed by atoms with Gasteiger partial charge in [0.1, 0.15) is 17.3 Å². The van der Waals surface area contributed by atoms with Crippen molar-refractivity contribution in [2.45, 2.75) is 6.29 Å². The molecule has 0 fully saturated rings. The van der Waals surface area contributed by atoms with Crippen LogP contribution >= 0.6 is 11.6 Å². The van der Waals surface area contributed by atoms with E-state index < -0.39 is 12.1 Å². The van der Waals surface area contributed by atoms with Crippen molar-refractivity contribution in [1.82, 2.24) is 0 Å². The zero-order valence-electron chi connectivity index (χ0n) is 9.61. The van der Waals surface area contributed by atoms with Crippen molar-refractivity contribution < 1.29 is 13.9 Å². The number of rotatable bonds is 5. The second-order valence-corrected chi connectivity index (χ2v) is 3.52. The van der Waals surface area contributed by atoms with Crippen molar-refractivity contribution in [3.05, 3.63) is 29.6 Å². The molecule has 17 heavy (non-hydrogen) atoms. The van der Waals surface area contributed by atoms with E-state index in [0.717, 1.165) is 0 Å². The molecule has 0 amide bonds. The highest BCUT2D eigenvalue weighted by molar-refractivity contribution is 6.28. The minimum atomic E-state index is -0.568. The molecule has 4 nitrogen and oxygen atoms in total. The van der Waals surface area contributed by atoms with Crippen molar-refractivity contribution in [3.8, 4) is 0 Å². The quantitative estimate of drug-likeness (QED) is 0.383. The fraction of sp³-hybridized carbons (Fsp3) is 0.364. The maximum atomic E-state index is 13.5. The number of amidine groups is 1. The summed E-state index contributed by atoms with van der Waals surface area (Å²) < 4.78 is 23.6. The Labute approximate surface area is 104 Å². The van der Waals surface area contributed by atoms with Gasteiger partial charge in [0, 0.05) is 19.8 Å². The molecule has 1 aromatic rings. The van der Waals surface area contributed by atoms with Crippen LogP contribution in [0, 0.1) is 5.82 Å². The third-order valence-corrected chi connectivity index (χ3v) is 2.35. The van der Waals surface area contributed by atoms with Crippen molar-refractivity contribution in [3.63, 3.8) is 0 Å². The van der Waals surface area contributed by atoms with Gasteiger partial charge in [0.15, 0.2) is 6.29 Å². The summed E-state index contributed by atoms with van der Waals surface area (Å²) in [5.74, 6) is -0.288. The zero-order valence-corrected chi connectivity index (χ0v) is 10.4. The summed E-state index contributed by atoms with van der Waals surface area (Å²) in [4.78, 5) is 3.87. The number of nitrogens with zero attached hydrogens (tertiary/aromatic N) is 1. The molecule has 0 aromatic heterocycles. The lowest BCUT2D eigenvalue weighted by molar-refractivity contribution is -0.106. The average Bonchev–Trinajstić information content (AvgIpc) is 2.34. The summed E-state index contributed by atoms with van der Waals surface area (Å²) in [6.45, 7) is 0. The molecule has 94 valence electrons. The van der Waals surface area contributed by atoms with Gasteiger partial charge in [-0.25, -0.2) is 9.38 Å². The normalized spacial score (nSPS) is 12.2. The minimum absolute atomic E-state index is 0.0433. The maximum absolute atomic E-state index is 13.5. The third kappa shape index (κ3) is 3.66. The fourth-order valence-corrected chi connectivity index (χ4v) is 1.37. The molecule has 0 radical (unpaired) electrons. The summed E-state index contributed by atoms with van der Waals surface area (Å²) in [5.41, 5.74) is 6.22. The Balaban J connectivity index is 3.10. The molecule has 0 heterocycles. The Kier molecular flexibility index (Phi) is 5.34. The molecule has 0 saturated carbocycles. The van der Waals surface area contributed by atoms with Gasteiger partial charge in [-0.1, -0.05) is 6.07 Å². The van der Waals surface area contributed by atoms with E-state index >= 15 is 0 Å². The monoisotopic (exact) mass is 260 g/mol. The van der Waals surface area contributed by atoms with E-state index in [-0.39, 0.29) is 17.4 Å². The van der Waals surface area contributed by atoms with Crippen molar-refractivity contribution in [2.75, 3.05) is 20.1 Å². The van der Waals surface area contributed by atoms with Gasteiger partial charge in [0.05, 0.1) is 5.88 Å². The van der Waals surface area contributed by atoms with Gasteiger partial charge in [0.25, 0.3) is 0 Å². The molecule has 0 aliphatic rings. The van der Waals surface area contributed by atoms with E-state index in [1.54, 1.807) is 6.07 Å². The number of aliphatic imine (C=N–C) groups is 1. The summed E-state index contributed by atoms with van der Waals surface area (Å²) in [5, 5.41) is 0. The molecule has 0 aliphatic carbocycles. The molecule has 6 heteroatoms. The summed E-state index contributed by atoms with van der Waals surface area (Å²) in [6, 6.07) is 4.34. The lowest BCUT2D eigenvalue weighted by Crippen LogP contribution is -2.12. The molecule has 0 unspecified atom stereocenters. The van der Waals surface area contributed by atoms with Crippen molar-refractivity contribution in [1.29, 1.82) is 0 Å². The molecule has 0 saturated heterocycles. The number of alkyl halides is 1. The van der Waals surface area contributed by atoms with Crippen molar-refractivity contribution in [2.24, 2.45) is 10.7 Å². The van der Waals surface area contributed by atoms with E-state index in [9.17, 15) is 4.39 Å². The van der Waals surface area contributed by atoms with Crippen LogP contribution in [-0.2, 0) is 9.47 Å². The molecular weight excluding hydrogens is 247 g/mol. The summed E-state index contributed by atoms with van der Waals surface area (Å²) in [6.07, 6.45) is -0.568. The Morgan fingerprint density at radius 2 is 2.12 bits per heavy atom. The smallest absolute Gasteiger partial charge is 0.183 e. The van der Waals surface area contributed by atoms with Gasteiger partial charge >= 0.3 is 0 Å². The second kappa shape index (κ2) is 6.54. The van der Waals surface area contributed by atoms with Crippen LogP contribution in [0.15, 0.2) is 23.2 Å². The molecule has 0 spiro atoms. The van der Waals surface area contributed by atoms with E-state index in [0.29, 0.717) is 5.56 Å². The zero-order chi connectivity index (χ0) is 12.8. The number of hydrogen-bond donors (Lipinski definition) is 1. The highest BCUT2D eigenvalue weighted by Crippen LogP contribution is 2.25. The number of halogens is 2. The lowest BCUT2D eigenvalue weighted by Gasteiger charge is -2.14. The first-order valence-corrected chi connectivity index (χ1v) is 5.39. The Bertz CT molecular complexity index is 408. The number of hydrogen-bond acceptors (Lipinski definition) is 3. The summed E-state index contributed by atoms with van der Waals surface area (Å²) in [7, 11) is 2.99. The highest BCUT2D eigenvalue weighted by Gasteiger charge is 2.11. The lowest BCUT2D eigenvalue weighted by atomic mass is 10.2. The number of nitrogens with two attached hydrogens (primary N) is 1. The van der Waals surface area contributed by atoms with Crippen LogP contribution in [0.25, 0.3) is 0 Å². The topological polar surface area (TPSA) is 56.8 Å². The second-order valence-electron chi connectivity index (χ2n) is 3.25. The standard InChI is InChI=1S/C11H14ClFN2O2/c1-16-11(17-2)7-3-4-8(13)9(5-7)15-10(14)6-12/h3-5,11H,6H2,1-2H3,(H2,14,15). The van der Waals surface area contributed by atoms with Crippen LogP contribution in [0.4, 0.5) is 10.1 Å². The third-order valence-electron chi connectivity index (χ3n) is 2.07.